The van der Waals surface area contributed by atoms with Crippen LogP contribution in [-0.2, 0) is 10.2 Å². The average Bonchev–Trinajstić information content (AvgIpc) is 3.60. The molecule has 0 atom stereocenters. The molecule has 2 fully saturated rings. The number of benzene rings is 1. The highest BCUT2D eigenvalue weighted by atomic mass is 35.5. The number of nitrogens with one attached hydrogen (secondary N) is 2. The van der Waals surface area contributed by atoms with Crippen molar-refractivity contribution in [2.24, 2.45) is 0 Å². The molecule has 2 aromatic rings. The summed E-state index contributed by atoms with van der Waals surface area (Å²) in [6.45, 7) is 7.03. The third-order valence-corrected chi connectivity index (χ3v) is 7.29. The summed E-state index contributed by atoms with van der Waals surface area (Å²) >= 11 is 6.03. The molecule has 1 aliphatic carbocycles. The van der Waals surface area contributed by atoms with Crippen LogP contribution in [0.25, 0.3) is 0 Å². The van der Waals surface area contributed by atoms with Gasteiger partial charge in [-0.1, -0.05) is 23.7 Å². The van der Waals surface area contributed by atoms with Crippen LogP contribution in [-0.4, -0.2) is 66.0 Å². The Hall–Kier alpha value is -2.64. The molecule has 182 valence electrons. The van der Waals surface area contributed by atoms with Gasteiger partial charge in [0.25, 0.3) is 0 Å². The SMILES string of the molecule is Cc1cc(NC(=O)NCCN2CCC(N(C)C(=O)C3(c4ccc(Cl)cc4)CC3)CC2)cc(C)n1. The van der Waals surface area contributed by atoms with Crippen molar-refractivity contribution in [3.63, 3.8) is 0 Å². The van der Waals surface area contributed by atoms with Crippen molar-refractivity contribution in [2.75, 3.05) is 38.5 Å². The quantitative estimate of drug-likeness (QED) is 0.620. The Labute approximate surface area is 206 Å². The van der Waals surface area contributed by atoms with E-state index < -0.39 is 0 Å². The smallest absolute Gasteiger partial charge is 0.319 e. The minimum Gasteiger partial charge on any atom is -0.342 e. The molecule has 0 radical (unpaired) electrons. The highest BCUT2D eigenvalue weighted by molar-refractivity contribution is 6.30. The number of carbonyl (C=O) groups excluding carboxylic acids is 2. The Morgan fingerprint density at radius 2 is 1.74 bits per heavy atom. The Morgan fingerprint density at radius 1 is 1.12 bits per heavy atom. The highest BCUT2D eigenvalue weighted by Crippen LogP contribution is 2.50. The van der Waals surface area contributed by atoms with Gasteiger partial charge in [0.2, 0.25) is 5.91 Å². The van der Waals surface area contributed by atoms with Crippen molar-refractivity contribution in [3.8, 4) is 0 Å². The minimum absolute atomic E-state index is 0.206. The standard InChI is InChI=1S/C26H34ClN5O2/c1-18-16-22(17-19(2)29-18)30-25(34)28-12-15-32-13-8-23(9-14-32)31(3)24(33)26(10-11-26)20-4-6-21(27)7-5-20/h4-7,16-17,23H,8-15H2,1-3H3,(H2,28,29,30,34). The van der Waals surface area contributed by atoms with Crippen molar-refractivity contribution in [2.45, 2.75) is 51.0 Å². The van der Waals surface area contributed by atoms with Crippen LogP contribution in [0.5, 0.6) is 0 Å². The lowest BCUT2D eigenvalue weighted by Crippen LogP contribution is -2.49. The third-order valence-electron chi connectivity index (χ3n) is 7.03. The first-order chi connectivity index (χ1) is 16.3. The maximum absolute atomic E-state index is 13.4. The molecule has 8 heteroatoms. The zero-order chi connectivity index (χ0) is 24.3. The van der Waals surface area contributed by atoms with Crippen LogP contribution in [0, 0.1) is 13.8 Å². The number of halogens is 1. The average molecular weight is 484 g/mol. The minimum atomic E-state index is -0.361. The van der Waals surface area contributed by atoms with E-state index in [2.05, 4.69) is 20.5 Å². The molecule has 1 aromatic carbocycles. The number of rotatable bonds is 7. The molecule has 34 heavy (non-hydrogen) atoms. The zero-order valence-corrected chi connectivity index (χ0v) is 21.0. The summed E-state index contributed by atoms with van der Waals surface area (Å²) in [5.74, 6) is 0.230. The fourth-order valence-corrected chi connectivity index (χ4v) is 5.09. The maximum atomic E-state index is 13.4. The molecule has 3 amide bonds. The van der Waals surface area contributed by atoms with E-state index in [1.54, 1.807) is 0 Å². The number of piperidine rings is 1. The van der Waals surface area contributed by atoms with E-state index in [9.17, 15) is 9.59 Å². The molecule has 2 aliphatic rings. The molecule has 1 aromatic heterocycles. The van der Waals surface area contributed by atoms with Gasteiger partial charge in [0.1, 0.15) is 0 Å². The second-order valence-electron chi connectivity index (χ2n) is 9.60. The number of aromatic nitrogens is 1. The predicted octanol–water partition coefficient (Wildman–Crippen LogP) is 4.13. The molecule has 2 heterocycles. The zero-order valence-electron chi connectivity index (χ0n) is 20.2. The first kappa shape index (κ1) is 24.5. The van der Waals surface area contributed by atoms with E-state index in [0.29, 0.717) is 11.6 Å². The first-order valence-corrected chi connectivity index (χ1v) is 12.4. The number of pyridine rings is 1. The predicted molar refractivity (Wildman–Crippen MR) is 135 cm³/mol. The summed E-state index contributed by atoms with van der Waals surface area (Å²) in [5.41, 5.74) is 3.22. The number of urea groups is 1. The van der Waals surface area contributed by atoms with Gasteiger partial charge >= 0.3 is 6.03 Å². The molecule has 1 aliphatic heterocycles. The van der Waals surface area contributed by atoms with Gasteiger partial charge in [0, 0.05) is 61.4 Å². The van der Waals surface area contributed by atoms with E-state index in [4.69, 9.17) is 11.6 Å². The van der Waals surface area contributed by atoms with Crippen LogP contribution in [0.2, 0.25) is 5.02 Å². The topological polar surface area (TPSA) is 77.6 Å². The van der Waals surface area contributed by atoms with Gasteiger partial charge in [-0.3, -0.25) is 9.78 Å². The van der Waals surface area contributed by atoms with Crippen LogP contribution in [0.4, 0.5) is 10.5 Å². The fraction of sp³-hybridized carbons (Fsp3) is 0.500. The fourth-order valence-electron chi connectivity index (χ4n) is 4.96. The molecular weight excluding hydrogens is 450 g/mol. The summed E-state index contributed by atoms with van der Waals surface area (Å²) in [5, 5.41) is 6.50. The van der Waals surface area contributed by atoms with E-state index in [1.165, 1.54) is 0 Å². The Balaban J connectivity index is 1.20. The molecule has 1 saturated carbocycles. The van der Waals surface area contributed by atoms with Gasteiger partial charge in [-0.25, -0.2) is 4.79 Å². The third kappa shape index (κ3) is 5.70. The summed E-state index contributed by atoms with van der Waals surface area (Å²) in [7, 11) is 1.95. The van der Waals surface area contributed by atoms with Gasteiger partial charge in [0.05, 0.1) is 5.41 Å². The van der Waals surface area contributed by atoms with E-state index in [1.807, 2.05) is 62.2 Å². The van der Waals surface area contributed by atoms with Crippen molar-refractivity contribution < 1.29 is 9.59 Å². The van der Waals surface area contributed by atoms with E-state index >= 15 is 0 Å². The maximum Gasteiger partial charge on any atom is 0.319 e. The summed E-state index contributed by atoms with van der Waals surface area (Å²) in [6, 6.07) is 11.5. The number of likely N-dealkylation sites (N-methyl/N-ethyl adjacent to an activating group) is 1. The lowest BCUT2D eigenvalue weighted by Gasteiger charge is -2.38. The van der Waals surface area contributed by atoms with Crippen molar-refractivity contribution in [1.82, 2.24) is 20.1 Å². The molecule has 4 rings (SSSR count). The first-order valence-electron chi connectivity index (χ1n) is 12.0. The van der Waals surface area contributed by atoms with Crippen LogP contribution >= 0.6 is 11.6 Å². The second-order valence-corrected chi connectivity index (χ2v) is 10.0. The largest absolute Gasteiger partial charge is 0.342 e. The Morgan fingerprint density at radius 3 is 2.32 bits per heavy atom. The van der Waals surface area contributed by atoms with Gasteiger partial charge in [-0.2, -0.15) is 0 Å². The lowest BCUT2D eigenvalue weighted by atomic mass is 9.92. The molecule has 1 saturated heterocycles. The summed E-state index contributed by atoms with van der Waals surface area (Å²) in [4.78, 5) is 34.2. The highest BCUT2D eigenvalue weighted by Gasteiger charge is 2.53. The van der Waals surface area contributed by atoms with Crippen LogP contribution in [0.15, 0.2) is 36.4 Å². The number of carbonyl (C=O) groups is 2. The van der Waals surface area contributed by atoms with E-state index in [-0.39, 0.29) is 23.4 Å². The number of likely N-dealkylation sites (tertiary alicyclic amines) is 1. The monoisotopic (exact) mass is 483 g/mol. The molecule has 2 N–H and O–H groups in total. The van der Waals surface area contributed by atoms with Crippen molar-refractivity contribution >= 4 is 29.2 Å². The number of anilines is 1. The van der Waals surface area contributed by atoms with Gasteiger partial charge in [-0.15, -0.1) is 0 Å². The van der Waals surface area contributed by atoms with Crippen molar-refractivity contribution in [3.05, 3.63) is 58.4 Å². The normalized spacial score (nSPS) is 17.8. The second kappa shape index (κ2) is 10.3. The molecule has 0 spiro atoms. The Kier molecular flexibility index (Phi) is 7.43. The number of hydrogen-bond acceptors (Lipinski definition) is 4. The van der Waals surface area contributed by atoms with Crippen molar-refractivity contribution in [1.29, 1.82) is 0 Å². The Bertz CT molecular complexity index is 1010. The molecular formula is C26H34ClN5O2. The number of nitrogens with zero attached hydrogens (tertiary/aromatic N) is 3. The molecule has 0 bridgehead atoms. The summed E-state index contributed by atoms with van der Waals surface area (Å²) < 4.78 is 0. The van der Waals surface area contributed by atoms with E-state index in [0.717, 1.165) is 68.0 Å². The number of hydrogen-bond donors (Lipinski definition) is 2. The van der Waals surface area contributed by atoms with Crippen LogP contribution in [0.3, 0.4) is 0 Å². The lowest BCUT2D eigenvalue weighted by molar-refractivity contribution is -0.135. The van der Waals surface area contributed by atoms with Crippen LogP contribution < -0.4 is 10.6 Å². The summed E-state index contributed by atoms with van der Waals surface area (Å²) in [6.07, 6.45) is 3.70. The van der Waals surface area contributed by atoms with Crippen LogP contribution in [0.1, 0.15) is 42.6 Å². The van der Waals surface area contributed by atoms with Gasteiger partial charge in [0.15, 0.2) is 0 Å². The van der Waals surface area contributed by atoms with Gasteiger partial charge < -0.3 is 20.4 Å². The number of amides is 3. The molecule has 7 nitrogen and oxygen atoms in total. The van der Waals surface area contributed by atoms with Gasteiger partial charge in [-0.05, 0) is 69.4 Å². The number of aryl methyl sites for hydroxylation is 2. The molecule has 0 unspecified atom stereocenters.